The zero-order valence-corrected chi connectivity index (χ0v) is 16.0. The highest BCUT2D eigenvalue weighted by Crippen LogP contribution is 2.40. The van der Waals surface area contributed by atoms with Crippen LogP contribution in [0.5, 0.6) is 17.2 Å². The van der Waals surface area contributed by atoms with Gasteiger partial charge in [0.25, 0.3) is 11.6 Å². The Labute approximate surface area is 169 Å². The third-order valence-electron chi connectivity index (χ3n) is 3.97. The maximum Gasteiger partial charge on any atom is 0.339 e. The first-order chi connectivity index (χ1) is 13.8. The minimum absolute atomic E-state index is 0.0165. The van der Waals surface area contributed by atoms with E-state index in [-0.39, 0.29) is 34.5 Å². The van der Waals surface area contributed by atoms with E-state index in [1.54, 1.807) is 0 Å². The van der Waals surface area contributed by atoms with Crippen LogP contribution in [0.15, 0.2) is 30.3 Å². The molecule has 1 aliphatic rings. The topological polar surface area (TPSA) is 126 Å². The van der Waals surface area contributed by atoms with E-state index in [9.17, 15) is 19.7 Å². The number of methoxy groups -OCH3 is 1. The number of hydrogen-bond acceptors (Lipinski definition) is 8. The van der Waals surface area contributed by atoms with E-state index in [1.165, 1.54) is 38.3 Å². The van der Waals surface area contributed by atoms with Crippen LogP contribution in [0.2, 0.25) is 5.02 Å². The number of hydrogen-bond donors (Lipinski definition) is 1. The Kier molecular flexibility index (Phi) is 5.74. The molecule has 0 radical (unpaired) electrons. The lowest BCUT2D eigenvalue weighted by Gasteiger charge is -2.15. The van der Waals surface area contributed by atoms with Crippen molar-refractivity contribution in [3.63, 3.8) is 0 Å². The molecule has 152 valence electrons. The van der Waals surface area contributed by atoms with Gasteiger partial charge >= 0.3 is 5.97 Å². The molecule has 2 aromatic carbocycles. The number of fused-ring (bicyclic) bond motifs is 1. The van der Waals surface area contributed by atoms with Gasteiger partial charge in [-0.3, -0.25) is 14.9 Å². The molecule has 1 N–H and O–H groups in total. The number of halogens is 1. The number of esters is 1. The van der Waals surface area contributed by atoms with Gasteiger partial charge in [0.05, 0.1) is 28.3 Å². The number of carbonyl (C=O) groups is 2. The molecule has 1 amide bonds. The lowest BCUT2D eigenvalue weighted by molar-refractivity contribution is -0.384. The van der Waals surface area contributed by atoms with Gasteiger partial charge < -0.3 is 24.3 Å². The smallest absolute Gasteiger partial charge is 0.339 e. The molecule has 11 heteroatoms. The highest BCUT2D eigenvalue weighted by molar-refractivity contribution is 6.32. The Hall–Kier alpha value is -3.53. The van der Waals surface area contributed by atoms with Crippen LogP contribution in [-0.4, -0.2) is 36.8 Å². The predicted octanol–water partition coefficient (Wildman–Crippen LogP) is 3.17. The molecule has 10 nitrogen and oxygen atoms in total. The molecule has 0 saturated carbocycles. The largest absolute Gasteiger partial charge is 0.495 e. The van der Waals surface area contributed by atoms with Gasteiger partial charge in [-0.1, -0.05) is 11.6 Å². The van der Waals surface area contributed by atoms with Crippen LogP contribution in [0.1, 0.15) is 17.3 Å². The van der Waals surface area contributed by atoms with Gasteiger partial charge in [0.15, 0.2) is 17.6 Å². The van der Waals surface area contributed by atoms with E-state index in [2.05, 4.69) is 5.32 Å². The number of rotatable bonds is 6. The fourth-order valence-corrected chi connectivity index (χ4v) is 2.77. The molecule has 29 heavy (non-hydrogen) atoms. The summed E-state index contributed by atoms with van der Waals surface area (Å²) in [6.07, 6.45) is -1.21. The molecule has 0 saturated heterocycles. The quantitative estimate of drug-likeness (QED) is 0.427. The molecule has 0 aliphatic carbocycles. The van der Waals surface area contributed by atoms with Crippen molar-refractivity contribution in [2.45, 2.75) is 13.0 Å². The van der Waals surface area contributed by atoms with Crippen LogP contribution < -0.4 is 19.5 Å². The van der Waals surface area contributed by atoms with Crippen molar-refractivity contribution in [3.05, 3.63) is 51.0 Å². The Morgan fingerprint density at radius 1 is 1.28 bits per heavy atom. The lowest BCUT2D eigenvalue weighted by Crippen LogP contribution is -2.30. The number of anilines is 1. The van der Waals surface area contributed by atoms with Gasteiger partial charge in [-0.05, 0) is 25.1 Å². The fourth-order valence-electron chi connectivity index (χ4n) is 2.51. The summed E-state index contributed by atoms with van der Waals surface area (Å²) in [5.74, 6) is -0.678. The summed E-state index contributed by atoms with van der Waals surface area (Å²) in [5.41, 5.74) is -0.0895. The van der Waals surface area contributed by atoms with Gasteiger partial charge in [-0.25, -0.2) is 4.79 Å². The number of nitro benzene ring substituents is 1. The van der Waals surface area contributed by atoms with Crippen LogP contribution in [0, 0.1) is 10.1 Å². The normalized spacial score (nSPS) is 12.8. The average Bonchev–Trinajstić information content (AvgIpc) is 3.17. The minimum Gasteiger partial charge on any atom is -0.495 e. The number of non-ortho nitro benzene ring substituents is 1. The first-order valence-electron chi connectivity index (χ1n) is 8.23. The van der Waals surface area contributed by atoms with E-state index < -0.39 is 22.9 Å². The van der Waals surface area contributed by atoms with E-state index in [4.69, 9.17) is 30.5 Å². The molecule has 0 aromatic heterocycles. The fraction of sp³-hybridized carbons (Fsp3) is 0.222. The molecule has 3 rings (SSSR count). The molecule has 0 fully saturated rings. The Morgan fingerprint density at radius 3 is 2.72 bits per heavy atom. The zero-order valence-electron chi connectivity index (χ0n) is 15.3. The molecule has 1 aliphatic heterocycles. The molecule has 0 spiro atoms. The molecule has 1 heterocycles. The number of ether oxygens (including phenoxy) is 4. The zero-order chi connectivity index (χ0) is 21.1. The summed E-state index contributed by atoms with van der Waals surface area (Å²) in [7, 11) is 1.35. The van der Waals surface area contributed by atoms with E-state index in [0.717, 1.165) is 6.07 Å². The second-order valence-electron chi connectivity index (χ2n) is 5.87. The van der Waals surface area contributed by atoms with Crippen LogP contribution in [0.3, 0.4) is 0 Å². The number of benzene rings is 2. The number of carbonyl (C=O) groups excluding carboxylic acids is 2. The number of amides is 1. The van der Waals surface area contributed by atoms with E-state index in [1.807, 2.05) is 0 Å². The summed E-state index contributed by atoms with van der Waals surface area (Å²) < 4.78 is 20.6. The Bertz CT molecular complexity index is 994. The Morgan fingerprint density at radius 2 is 2.03 bits per heavy atom. The third kappa shape index (κ3) is 4.32. The van der Waals surface area contributed by atoms with Gasteiger partial charge in [-0.2, -0.15) is 0 Å². The Balaban J connectivity index is 1.71. The summed E-state index contributed by atoms with van der Waals surface area (Å²) >= 11 is 6.04. The summed E-state index contributed by atoms with van der Waals surface area (Å²) in [5, 5.41) is 13.6. The lowest BCUT2D eigenvalue weighted by atomic mass is 10.2. The second kappa shape index (κ2) is 8.23. The van der Waals surface area contributed by atoms with E-state index in [0.29, 0.717) is 11.5 Å². The van der Waals surface area contributed by atoms with Crippen LogP contribution >= 0.6 is 11.6 Å². The first-order valence-corrected chi connectivity index (χ1v) is 8.61. The highest BCUT2D eigenvalue weighted by Gasteiger charge is 2.25. The average molecular weight is 423 g/mol. The maximum atomic E-state index is 12.4. The van der Waals surface area contributed by atoms with Gasteiger partial charge in [-0.15, -0.1) is 0 Å². The van der Waals surface area contributed by atoms with Crippen LogP contribution in [0.4, 0.5) is 11.4 Å². The minimum atomic E-state index is -1.21. The van der Waals surface area contributed by atoms with Crippen molar-refractivity contribution in [1.82, 2.24) is 0 Å². The molecule has 1 atom stereocenters. The SMILES string of the molecule is COc1ccc([N+](=O)[O-])cc1NC(=O)C(C)OC(=O)c1cc(Cl)c2c(c1)OCO2. The number of nitrogens with zero attached hydrogens (tertiary/aromatic N) is 1. The molecule has 1 unspecified atom stereocenters. The summed E-state index contributed by atoms with van der Waals surface area (Å²) in [6.45, 7) is 1.34. The summed E-state index contributed by atoms with van der Waals surface area (Å²) in [6, 6.07) is 6.46. The maximum absolute atomic E-state index is 12.4. The standard InChI is InChI=1S/C18H15ClN2O8/c1-9(17(22)20-13-7-11(21(24)25)3-4-14(13)26-2)29-18(23)10-5-12(19)16-15(6-10)27-8-28-16/h3-7,9H,8H2,1-2H3,(H,20,22). The highest BCUT2D eigenvalue weighted by atomic mass is 35.5. The van der Waals surface area contributed by atoms with Crippen molar-refractivity contribution >= 4 is 34.9 Å². The van der Waals surface area contributed by atoms with Crippen molar-refractivity contribution in [1.29, 1.82) is 0 Å². The monoisotopic (exact) mass is 422 g/mol. The summed E-state index contributed by atoms with van der Waals surface area (Å²) in [4.78, 5) is 35.1. The van der Waals surface area contributed by atoms with Crippen molar-refractivity contribution in [2.24, 2.45) is 0 Å². The number of nitro groups is 1. The van der Waals surface area contributed by atoms with E-state index >= 15 is 0 Å². The van der Waals surface area contributed by atoms with Gasteiger partial charge in [0.2, 0.25) is 6.79 Å². The van der Waals surface area contributed by atoms with Crippen LogP contribution in [-0.2, 0) is 9.53 Å². The van der Waals surface area contributed by atoms with Crippen molar-refractivity contribution < 1.29 is 33.5 Å². The van der Waals surface area contributed by atoms with Crippen molar-refractivity contribution in [3.8, 4) is 17.2 Å². The molecular formula is C18H15ClN2O8. The van der Waals surface area contributed by atoms with Gasteiger partial charge in [0, 0.05) is 12.1 Å². The molecular weight excluding hydrogens is 408 g/mol. The first kappa shape index (κ1) is 20.2. The molecule has 2 aromatic rings. The van der Waals surface area contributed by atoms with Crippen molar-refractivity contribution in [2.75, 3.05) is 19.2 Å². The molecule has 0 bridgehead atoms. The third-order valence-corrected chi connectivity index (χ3v) is 4.25. The number of nitrogens with one attached hydrogen (secondary N) is 1. The van der Waals surface area contributed by atoms with Crippen LogP contribution in [0.25, 0.3) is 0 Å². The van der Waals surface area contributed by atoms with Gasteiger partial charge in [0.1, 0.15) is 5.75 Å². The predicted molar refractivity (Wildman–Crippen MR) is 101 cm³/mol. The second-order valence-corrected chi connectivity index (χ2v) is 6.28.